The van der Waals surface area contributed by atoms with Crippen LogP contribution < -0.4 is 5.32 Å². The summed E-state index contributed by atoms with van der Waals surface area (Å²) in [6.07, 6.45) is 4.34. The van der Waals surface area contributed by atoms with Gasteiger partial charge in [0.2, 0.25) is 5.91 Å². The van der Waals surface area contributed by atoms with E-state index in [1.165, 1.54) is 0 Å². The molecule has 2 N–H and O–H groups in total. The first-order valence-corrected chi connectivity index (χ1v) is 7.50. The van der Waals surface area contributed by atoms with E-state index in [9.17, 15) is 9.90 Å². The minimum absolute atomic E-state index is 0.0325. The maximum absolute atomic E-state index is 12.1. The molecule has 1 heterocycles. The number of nitrogens with one attached hydrogen (secondary N) is 1. The maximum Gasteiger partial charge on any atom is 0.240 e. The highest BCUT2D eigenvalue weighted by Gasteiger charge is 2.25. The Bertz CT molecular complexity index is 650. The van der Waals surface area contributed by atoms with E-state index in [4.69, 9.17) is 0 Å². The van der Waals surface area contributed by atoms with Crippen LogP contribution in [-0.4, -0.2) is 33.2 Å². The highest BCUT2D eigenvalue weighted by atomic mass is 16.3. The first-order valence-electron chi connectivity index (χ1n) is 7.50. The van der Waals surface area contributed by atoms with Crippen LogP contribution >= 0.6 is 0 Å². The number of aliphatic hydroxyl groups excluding tert-OH is 1. The number of aromatic nitrogens is 2. The third-order valence-corrected chi connectivity index (χ3v) is 4.27. The minimum Gasteiger partial charge on any atom is -0.393 e. The molecule has 1 fully saturated rings. The lowest BCUT2D eigenvalue weighted by Crippen LogP contribution is -2.34. The second kappa shape index (κ2) is 5.85. The Morgan fingerprint density at radius 1 is 1.48 bits per heavy atom. The standard InChI is InChI=1S/C16H21N3O2/c1-11-5-6-13-14(7-11)19(10-18-13)9-16(21)17-8-12-3-2-4-15(12)20/h5-7,10,12,15,20H,2-4,8-9H2,1H3,(H,17,21)/t12-,15+/m1/s1. The number of hydrogen-bond acceptors (Lipinski definition) is 3. The largest absolute Gasteiger partial charge is 0.393 e. The average Bonchev–Trinajstić information content (AvgIpc) is 3.03. The molecule has 0 saturated heterocycles. The Morgan fingerprint density at radius 2 is 2.33 bits per heavy atom. The molecule has 1 aliphatic carbocycles. The number of carbonyl (C=O) groups excluding carboxylic acids is 1. The zero-order chi connectivity index (χ0) is 14.8. The fourth-order valence-corrected chi connectivity index (χ4v) is 3.00. The molecule has 0 spiro atoms. The van der Waals surface area contributed by atoms with Gasteiger partial charge in [-0.3, -0.25) is 4.79 Å². The number of hydrogen-bond donors (Lipinski definition) is 2. The molecular formula is C16H21N3O2. The van der Waals surface area contributed by atoms with Crippen LogP contribution in [0.2, 0.25) is 0 Å². The van der Waals surface area contributed by atoms with Crippen molar-refractivity contribution in [2.24, 2.45) is 5.92 Å². The number of aliphatic hydroxyl groups is 1. The topological polar surface area (TPSA) is 67.2 Å². The van der Waals surface area contributed by atoms with E-state index < -0.39 is 0 Å². The molecule has 1 aromatic carbocycles. The molecule has 3 rings (SSSR count). The fourth-order valence-electron chi connectivity index (χ4n) is 3.00. The van der Waals surface area contributed by atoms with Gasteiger partial charge in [0, 0.05) is 12.5 Å². The summed E-state index contributed by atoms with van der Waals surface area (Å²) >= 11 is 0. The van der Waals surface area contributed by atoms with Crippen LogP contribution in [0, 0.1) is 12.8 Å². The highest BCUT2D eigenvalue weighted by molar-refractivity contribution is 5.80. The van der Waals surface area contributed by atoms with Crippen LogP contribution in [0.4, 0.5) is 0 Å². The molecule has 0 aliphatic heterocycles. The van der Waals surface area contributed by atoms with E-state index in [1.807, 2.05) is 29.7 Å². The summed E-state index contributed by atoms with van der Waals surface area (Å²) in [6, 6.07) is 6.02. The van der Waals surface area contributed by atoms with Gasteiger partial charge in [-0.1, -0.05) is 12.5 Å². The lowest BCUT2D eigenvalue weighted by molar-refractivity contribution is -0.121. The second-order valence-corrected chi connectivity index (χ2v) is 5.93. The zero-order valence-corrected chi connectivity index (χ0v) is 12.2. The Morgan fingerprint density at radius 3 is 3.10 bits per heavy atom. The van der Waals surface area contributed by atoms with Gasteiger partial charge in [-0.2, -0.15) is 0 Å². The number of benzene rings is 1. The first kappa shape index (κ1) is 14.1. The molecule has 0 radical (unpaired) electrons. The van der Waals surface area contributed by atoms with Crippen molar-refractivity contribution in [3.05, 3.63) is 30.1 Å². The molecule has 0 bridgehead atoms. The van der Waals surface area contributed by atoms with Crippen LogP contribution in [-0.2, 0) is 11.3 Å². The summed E-state index contributed by atoms with van der Waals surface area (Å²) in [7, 11) is 0. The molecule has 0 unspecified atom stereocenters. The molecule has 1 amide bonds. The number of nitrogens with zero attached hydrogens (tertiary/aromatic N) is 2. The van der Waals surface area contributed by atoms with E-state index in [0.717, 1.165) is 35.9 Å². The van der Waals surface area contributed by atoms with Gasteiger partial charge in [0.1, 0.15) is 6.54 Å². The van der Waals surface area contributed by atoms with E-state index in [2.05, 4.69) is 10.3 Å². The molecule has 5 heteroatoms. The molecule has 1 aliphatic rings. The summed E-state index contributed by atoms with van der Waals surface area (Å²) in [5.74, 6) is 0.172. The predicted octanol–water partition coefficient (Wildman–Crippen LogP) is 1.62. The molecule has 21 heavy (non-hydrogen) atoms. The Balaban J connectivity index is 1.62. The Labute approximate surface area is 124 Å². The van der Waals surface area contributed by atoms with Crippen molar-refractivity contribution in [2.75, 3.05) is 6.54 Å². The molecule has 1 aromatic heterocycles. The first-order chi connectivity index (χ1) is 10.1. The third-order valence-electron chi connectivity index (χ3n) is 4.27. The number of imidazole rings is 1. The molecule has 2 atom stereocenters. The van der Waals surface area contributed by atoms with Gasteiger partial charge in [-0.15, -0.1) is 0 Å². The second-order valence-electron chi connectivity index (χ2n) is 5.93. The van der Waals surface area contributed by atoms with Gasteiger partial charge in [0.05, 0.1) is 23.5 Å². The summed E-state index contributed by atoms with van der Waals surface area (Å²) < 4.78 is 1.86. The van der Waals surface area contributed by atoms with Gasteiger partial charge in [0.25, 0.3) is 0 Å². The number of amides is 1. The van der Waals surface area contributed by atoms with Crippen LogP contribution in [0.5, 0.6) is 0 Å². The summed E-state index contributed by atoms with van der Waals surface area (Å²) in [5, 5.41) is 12.7. The van der Waals surface area contributed by atoms with E-state index >= 15 is 0 Å². The number of aryl methyl sites for hydroxylation is 1. The van der Waals surface area contributed by atoms with Crippen molar-refractivity contribution in [3.63, 3.8) is 0 Å². The van der Waals surface area contributed by atoms with Crippen LogP contribution in [0.3, 0.4) is 0 Å². The molecule has 2 aromatic rings. The Hall–Kier alpha value is -1.88. The molecule has 5 nitrogen and oxygen atoms in total. The van der Waals surface area contributed by atoms with Crippen LogP contribution in [0.1, 0.15) is 24.8 Å². The lowest BCUT2D eigenvalue weighted by Gasteiger charge is -2.15. The third kappa shape index (κ3) is 3.08. The summed E-state index contributed by atoms with van der Waals surface area (Å²) in [6.45, 7) is 2.85. The average molecular weight is 287 g/mol. The van der Waals surface area contributed by atoms with Gasteiger partial charge < -0.3 is 15.0 Å². The van der Waals surface area contributed by atoms with Crippen LogP contribution in [0.15, 0.2) is 24.5 Å². The van der Waals surface area contributed by atoms with Crippen LogP contribution in [0.25, 0.3) is 11.0 Å². The minimum atomic E-state index is -0.262. The molecule has 112 valence electrons. The van der Waals surface area contributed by atoms with Crippen molar-refractivity contribution < 1.29 is 9.90 Å². The van der Waals surface area contributed by atoms with Gasteiger partial charge in [0.15, 0.2) is 0 Å². The molecule has 1 saturated carbocycles. The van der Waals surface area contributed by atoms with Crippen molar-refractivity contribution in [3.8, 4) is 0 Å². The summed E-state index contributed by atoms with van der Waals surface area (Å²) in [4.78, 5) is 16.4. The lowest BCUT2D eigenvalue weighted by atomic mass is 10.1. The van der Waals surface area contributed by atoms with Gasteiger partial charge in [-0.05, 0) is 37.5 Å². The van der Waals surface area contributed by atoms with E-state index in [0.29, 0.717) is 6.54 Å². The van der Waals surface area contributed by atoms with Gasteiger partial charge in [-0.25, -0.2) is 4.98 Å². The fraction of sp³-hybridized carbons (Fsp3) is 0.500. The Kier molecular flexibility index (Phi) is 3.92. The monoisotopic (exact) mass is 287 g/mol. The van der Waals surface area contributed by atoms with E-state index in [-0.39, 0.29) is 24.5 Å². The smallest absolute Gasteiger partial charge is 0.240 e. The van der Waals surface area contributed by atoms with Crippen molar-refractivity contribution >= 4 is 16.9 Å². The quantitative estimate of drug-likeness (QED) is 0.898. The van der Waals surface area contributed by atoms with Gasteiger partial charge >= 0.3 is 0 Å². The number of carbonyl (C=O) groups is 1. The van der Waals surface area contributed by atoms with Crippen molar-refractivity contribution in [1.29, 1.82) is 0 Å². The summed E-state index contributed by atoms with van der Waals surface area (Å²) in [5.41, 5.74) is 3.03. The highest BCUT2D eigenvalue weighted by Crippen LogP contribution is 2.24. The zero-order valence-electron chi connectivity index (χ0n) is 12.2. The number of fused-ring (bicyclic) bond motifs is 1. The van der Waals surface area contributed by atoms with E-state index in [1.54, 1.807) is 6.33 Å². The molecular weight excluding hydrogens is 266 g/mol. The SMILES string of the molecule is Cc1ccc2ncn(CC(=O)NC[C@H]3CCC[C@@H]3O)c2c1. The normalized spacial score (nSPS) is 21.8. The predicted molar refractivity (Wildman–Crippen MR) is 80.8 cm³/mol. The number of rotatable bonds is 4. The maximum atomic E-state index is 12.1. The van der Waals surface area contributed by atoms with Crippen molar-refractivity contribution in [2.45, 2.75) is 38.8 Å². The van der Waals surface area contributed by atoms with Crippen molar-refractivity contribution in [1.82, 2.24) is 14.9 Å².